The Kier molecular flexibility index (Phi) is 5.85. The molecule has 0 radical (unpaired) electrons. The first-order chi connectivity index (χ1) is 16.1. The van der Waals surface area contributed by atoms with Crippen LogP contribution in [0.5, 0.6) is 17.2 Å². The molecule has 3 heterocycles. The molecule has 5 rings (SSSR count). The Morgan fingerprint density at radius 1 is 1.18 bits per heavy atom. The van der Waals surface area contributed by atoms with Crippen LogP contribution in [0.4, 0.5) is 0 Å². The highest BCUT2D eigenvalue weighted by atomic mass is 16.5. The van der Waals surface area contributed by atoms with Gasteiger partial charge in [-0.3, -0.25) is 9.69 Å². The fourth-order valence-electron chi connectivity index (χ4n) is 4.05. The number of hydrogen-bond donors (Lipinski definition) is 1. The van der Waals surface area contributed by atoms with Gasteiger partial charge >= 0.3 is 0 Å². The minimum Gasteiger partial charge on any atom is -0.507 e. The summed E-state index contributed by atoms with van der Waals surface area (Å²) in [5, 5.41) is 15.6. The number of morpholine rings is 1. The van der Waals surface area contributed by atoms with Crippen LogP contribution in [0, 0.1) is 0 Å². The highest BCUT2D eigenvalue weighted by molar-refractivity contribution is 5.84. The maximum atomic E-state index is 13.3. The Hall–Kier alpha value is -3.62. The molecule has 1 aliphatic rings. The zero-order valence-electron chi connectivity index (χ0n) is 18.4. The molecule has 2 aromatic carbocycles. The average Bonchev–Trinajstić information content (AvgIpc) is 3.32. The second kappa shape index (κ2) is 9.09. The molecule has 0 bridgehead atoms. The summed E-state index contributed by atoms with van der Waals surface area (Å²) in [4.78, 5) is 15.5. The zero-order chi connectivity index (χ0) is 22.8. The van der Waals surface area contributed by atoms with Crippen molar-refractivity contribution >= 4 is 11.0 Å². The van der Waals surface area contributed by atoms with E-state index in [0.29, 0.717) is 54.0 Å². The maximum Gasteiger partial charge on any atom is 0.235 e. The van der Waals surface area contributed by atoms with Crippen LogP contribution in [-0.4, -0.2) is 46.1 Å². The van der Waals surface area contributed by atoms with Crippen LogP contribution in [0.1, 0.15) is 18.1 Å². The molecule has 1 fully saturated rings. The van der Waals surface area contributed by atoms with E-state index in [1.807, 2.05) is 37.3 Å². The molecule has 1 aliphatic heterocycles. The van der Waals surface area contributed by atoms with Crippen molar-refractivity contribution < 1.29 is 19.0 Å². The summed E-state index contributed by atoms with van der Waals surface area (Å²) in [6, 6.07) is 11.3. The molecule has 0 unspecified atom stereocenters. The van der Waals surface area contributed by atoms with Crippen molar-refractivity contribution in [1.82, 2.24) is 14.7 Å². The number of phenols is 1. The lowest BCUT2D eigenvalue weighted by Gasteiger charge is -2.27. The predicted molar refractivity (Wildman–Crippen MR) is 123 cm³/mol. The first-order valence-electron chi connectivity index (χ1n) is 11.0. The first kappa shape index (κ1) is 21.2. The number of fused-ring (bicyclic) bond motifs is 1. The van der Waals surface area contributed by atoms with Gasteiger partial charge in [0.05, 0.1) is 42.2 Å². The number of rotatable bonds is 6. The van der Waals surface area contributed by atoms with Crippen LogP contribution >= 0.6 is 0 Å². The lowest BCUT2D eigenvalue weighted by molar-refractivity contribution is 0.0339. The molecule has 0 aliphatic carbocycles. The molecule has 0 saturated carbocycles. The summed E-state index contributed by atoms with van der Waals surface area (Å²) in [7, 11) is 0. The van der Waals surface area contributed by atoms with E-state index in [0.717, 1.165) is 18.8 Å². The molecule has 0 amide bonds. The summed E-state index contributed by atoms with van der Waals surface area (Å²) < 4.78 is 18.8. The third-order valence-electron chi connectivity index (χ3n) is 5.85. The van der Waals surface area contributed by atoms with Gasteiger partial charge in [0, 0.05) is 19.6 Å². The van der Waals surface area contributed by atoms with Crippen molar-refractivity contribution in [3.05, 3.63) is 76.4 Å². The number of hydrogen-bond acceptors (Lipinski definition) is 7. The Morgan fingerprint density at radius 3 is 2.73 bits per heavy atom. The monoisotopic (exact) mass is 447 g/mol. The summed E-state index contributed by atoms with van der Waals surface area (Å²) in [5.74, 6) is 0.672. The fraction of sp³-hybridized carbons (Fsp3) is 0.280. The van der Waals surface area contributed by atoms with Gasteiger partial charge in [0.15, 0.2) is 5.75 Å². The van der Waals surface area contributed by atoms with Crippen LogP contribution in [0.15, 0.2) is 64.3 Å². The van der Waals surface area contributed by atoms with E-state index in [1.165, 1.54) is 6.26 Å². The van der Waals surface area contributed by atoms with E-state index in [1.54, 1.807) is 23.1 Å². The van der Waals surface area contributed by atoms with E-state index in [-0.39, 0.29) is 16.9 Å². The number of aromatic nitrogens is 2. The standard InChI is InChI=1S/C25H25N3O5/c1-2-17-12-20-24(30)22(33-19-13-26-28(14-19)18-6-4-3-5-7-18)16-32-25(20)21(23(17)29)15-27-8-10-31-11-9-27/h3-7,12-14,16,29H,2,8-11,15H2,1H3. The number of nitrogens with zero attached hydrogens (tertiary/aromatic N) is 3. The maximum absolute atomic E-state index is 13.3. The Balaban J connectivity index is 1.50. The van der Waals surface area contributed by atoms with E-state index >= 15 is 0 Å². The highest BCUT2D eigenvalue weighted by Crippen LogP contribution is 2.33. The van der Waals surface area contributed by atoms with Gasteiger partial charge in [0.1, 0.15) is 17.6 Å². The molecular weight excluding hydrogens is 422 g/mol. The third kappa shape index (κ3) is 4.22. The van der Waals surface area contributed by atoms with Crippen molar-refractivity contribution in [2.75, 3.05) is 26.3 Å². The van der Waals surface area contributed by atoms with Gasteiger partial charge in [-0.1, -0.05) is 25.1 Å². The molecule has 4 aromatic rings. The van der Waals surface area contributed by atoms with Crippen LogP contribution in [-0.2, 0) is 17.7 Å². The van der Waals surface area contributed by atoms with Gasteiger partial charge in [-0.2, -0.15) is 5.10 Å². The molecule has 8 heteroatoms. The van der Waals surface area contributed by atoms with Gasteiger partial charge in [0.2, 0.25) is 11.2 Å². The van der Waals surface area contributed by atoms with E-state index < -0.39 is 0 Å². The van der Waals surface area contributed by atoms with Crippen LogP contribution < -0.4 is 10.2 Å². The van der Waals surface area contributed by atoms with Gasteiger partial charge in [0.25, 0.3) is 0 Å². The lowest BCUT2D eigenvalue weighted by Crippen LogP contribution is -2.35. The van der Waals surface area contributed by atoms with Gasteiger partial charge in [-0.15, -0.1) is 0 Å². The van der Waals surface area contributed by atoms with Crippen molar-refractivity contribution in [1.29, 1.82) is 0 Å². The summed E-state index contributed by atoms with van der Waals surface area (Å²) in [5.41, 5.74) is 2.29. The van der Waals surface area contributed by atoms with Gasteiger partial charge < -0.3 is 19.0 Å². The number of benzene rings is 2. The molecule has 170 valence electrons. The molecular formula is C25H25N3O5. The van der Waals surface area contributed by atoms with Crippen LogP contribution in [0.25, 0.3) is 16.7 Å². The number of aryl methyl sites for hydroxylation is 1. The SMILES string of the molecule is CCc1cc2c(=O)c(Oc3cnn(-c4ccccc4)c3)coc2c(CN2CCOCC2)c1O. The molecule has 1 saturated heterocycles. The molecule has 0 atom stereocenters. The first-order valence-corrected chi connectivity index (χ1v) is 11.0. The van der Waals surface area contributed by atoms with Crippen LogP contribution in [0.3, 0.4) is 0 Å². The van der Waals surface area contributed by atoms with Crippen molar-refractivity contribution in [3.8, 4) is 22.9 Å². The Bertz CT molecular complexity index is 1320. The second-order valence-corrected chi connectivity index (χ2v) is 7.97. The molecule has 1 N–H and O–H groups in total. The van der Waals surface area contributed by atoms with Gasteiger partial charge in [-0.25, -0.2) is 4.68 Å². The third-order valence-corrected chi connectivity index (χ3v) is 5.85. The molecule has 2 aromatic heterocycles. The van der Waals surface area contributed by atoms with Crippen molar-refractivity contribution in [2.45, 2.75) is 19.9 Å². The van der Waals surface area contributed by atoms with Crippen LogP contribution in [0.2, 0.25) is 0 Å². The fourth-order valence-corrected chi connectivity index (χ4v) is 4.05. The largest absolute Gasteiger partial charge is 0.507 e. The number of ether oxygens (including phenoxy) is 2. The van der Waals surface area contributed by atoms with E-state index in [2.05, 4.69) is 10.00 Å². The zero-order valence-corrected chi connectivity index (χ0v) is 18.4. The topological polar surface area (TPSA) is 90.0 Å². The Labute approximate surface area is 190 Å². The average molecular weight is 447 g/mol. The number of phenolic OH excluding ortho intramolecular Hbond substituents is 1. The van der Waals surface area contributed by atoms with Crippen molar-refractivity contribution in [2.24, 2.45) is 0 Å². The quantitative estimate of drug-likeness (QED) is 0.480. The lowest BCUT2D eigenvalue weighted by atomic mass is 10.0. The molecule has 0 spiro atoms. The van der Waals surface area contributed by atoms with E-state index in [4.69, 9.17) is 13.9 Å². The number of para-hydroxylation sites is 1. The smallest absolute Gasteiger partial charge is 0.235 e. The normalized spacial score (nSPS) is 14.6. The summed E-state index contributed by atoms with van der Waals surface area (Å²) in [6.45, 7) is 5.23. The summed E-state index contributed by atoms with van der Waals surface area (Å²) >= 11 is 0. The summed E-state index contributed by atoms with van der Waals surface area (Å²) in [6.07, 6.45) is 5.15. The van der Waals surface area contributed by atoms with Gasteiger partial charge in [-0.05, 0) is 30.2 Å². The molecule has 33 heavy (non-hydrogen) atoms. The van der Waals surface area contributed by atoms with Crippen molar-refractivity contribution in [3.63, 3.8) is 0 Å². The Morgan fingerprint density at radius 2 is 1.97 bits per heavy atom. The highest BCUT2D eigenvalue weighted by Gasteiger charge is 2.21. The second-order valence-electron chi connectivity index (χ2n) is 7.97. The minimum atomic E-state index is -0.290. The minimum absolute atomic E-state index is 0.0696. The predicted octanol–water partition coefficient (Wildman–Crippen LogP) is 3.87. The number of aromatic hydroxyl groups is 1. The molecule has 8 nitrogen and oxygen atoms in total. The van der Waals surface area contributed by atoms with E-state index in [9.17, 15) is 9.90 Å².